The summed E-state index contributed by atoms with van der Waals surface area (Å²) in [5.41, 5.74) is 1.20. The van der Waals surface area contributed by atoms with Gasteiger partial charge in [0.15, 0.2) is 0 Å². The van der Waals surface area contributed by atoms with Crippen molar-refractivity contribution >= 4 is 22.4 Å². The highest BCUT2D eigenvalue weighted by atomic mass is 35.5. The van der Waals surface area contributed by atoms with Gasteiger partial charge in [-0.1, -0.05) is 56.5 Å². The predicted molar refractivity (Wildman–Crippen MR) is 83.7 cm³/mol. The zero-order chi connectivity index (χ0) is 14.2. The molecule has 0 spiro atoms. The maximum absolute atomic E-state index is 13.9. The average Bonchev–Trinajstić information content (AvgIpc) is 2.48. The van der Waals surface area contributed by atoms with Crippen LogP contribution in [0.5, 0.6) is 0 Å². The highest BCUT2D eigenvalue weighted by Crippen LogP contribution is 2.50. The number of benzene rings is 2. The summed E-state index contributed by atoms with van der Waals surface area (Å²) in [5, 5.41) is 1.59. The molecular formula is C18H20ClF. The van der Waals surface area contributed by atoms with Crippen LogP contribution in [0.1, 0.15) is 50.0 Å². The maximum atomic E-state index is 13.9. The Bertz CT molecular complexity index is 614. The van der Waals surface area contributed by atoms with Gasteiger partial charge in [-0.2, -0.15) is 0 Å². The van der Waals surface area contributed by atoms with Gasteiger partial charge in [0.25, 0.3) is 0 Å². The maximum Gasteiger partial charge on any atom is 0.131 e. The van der Waals surface area contributed by atoms with Crippen LogP contribution in [-0.2, 0) is 0 Å². The first-order valence-electron chi connectivity index (χ1n) is 7.43. The summed E-state index contributed by atoms with van der Waals surface area (Å²) in [5.74, 6) is -0.165. The number of hydrogen-bond acceptors (Lipinski definition) is 0. The van der Waals surface area contributed by atoms with Gasteiger partial charge in [-0.25, -0.2) is 4.39 Å². The van der Waals surface area contributed by atoms with Gasteiger partial charge in [-0.05, 0) is 35.3 Å². The van der Waals surface area contributed by atoms with E-state index >= 15 is 0 Å². The second kappa shape index (κ2) is 5.37. The standard InChI is InChI=1S/C18H20ClF/c1-18(11-5-2-6-12-18)17(19)15-9-10-16(20)14-8-4-3-7-13(14)15/h3-4,7-10,17H,2,5-6,11-12H2,1H3. The van der Waals surface area contributed by atoms with Gasteiger partial charge in [-0.3, -0.25) is 0 Å². The quantitative estimate of drug-likeness (QED) is 0.575. The summed E-state index contributed by atoms with van der Waals surface area (Å²) in [6.07, 6.45) is 6.13. The molecule has 1 aliphatic carbocycles. The normalized spacial score (nSPS) is 19.9. The number of hydrogen-bond donors (Lipinski definition) is 0. The minimum Gasteiger partial charge on any atom is -0.206 e. The lowest BCUT2D eigenvalue weighted by atomic mass is 9.71. The van der Waals surface area contributed by atoms with Crippen molar-refractivity contribution in [2.24, 2.45) is 5.41 Å². The minimum absolute atomic E-state index is 0.0479. The fourth-order valence-electron chi connectivity index (χ4n) is 3.49. The molecule has 1 atom stereocenters. The molecule has 0 heterocycles. The van der Waals surface area contributed by atoms with Crippen molar-refractivity contribution < 1.29 is 4.39 Å². The Hall–Kier alpha value is -1.08. The highest BCUT2D eigenvalue weighted by molar-refractivity contribution is 6.22. The van der Waals surface area contributed by atoms with Crippen molar-refractivity contribution in [2.45, 2.75) is 44.4 Å². The number of alkyl halides is 1. The summed E-state index contributed by atoms with van der Waals surface area (Å²) >= 11 is 6.84. The van der Waals surface area contributed by atoms with Crippen LogP contribution < -0.4 is 0 Å². The fourth-order valence-corrected chi connectivity index (χ4v) is 3.90. The average molecular weight is 291 g/mol. The smallest absolute Gasteiger partial charge is 0.131 e. The Balaban J connectivity index is 2.08. The first kappa shape index (κ1) is 13.9. The molecule has 0 saturated heterocycles. The van der Waals surface area contributed by atoms with E-state index in [1.54, 1.807) is 6.07 Å². The van der Waals surface area contributed by atoms with Gasteiger partial charge in [-0.15, -0.1) is 11.6 Å². The monoisotopic (exact) mass is 290 g/mol. The molecule has 0 nitrogen and oxygen atoms in total. The van der Waals surface area contributed by atoms with Crippen LogP contribution in [-0.4, -0.2) is 0 Å². The lowest BCUT2D eigenvalue weighted by Crippen LogP contribution is -2.25. The minimum atomic E-state index is -0.165. The van der Waals surface area contributed by atoms with Crippen molar-refractivity contribution in [1.82, 2.24) is 0 Å². The topological polar surface area (TPSA) is 0 Å². The number of rotatable bonds is 2. The van der Waals surface area contributed by atoms with Crippen molar-refractivity contribution in [2.75, 3.05) is 0 Å². The summed E-state index contributed by atoms with van der Waals surface area (Å²) in [4.78, 5) is 0. The molecule has 0 aromatic heterocycles. The lowest BCUT2D eigenvalue weighted by Gasteiger charge is -2.38. The largest absolute Gasteiger partial charge is 0.206 e. The predicted octanol–water partition coefficient (Wildman–Crippen LogP) is 6.23. The molecule has 0 N–H and O–H groups in total. The second-order valence-electron chi connectivity index (χ2n) is 6.26. The molecule has 1 fully saturated rings. The lowest BCUT2D eigenvalue weighted by molar-refractivity contribution is 0.207. The Morgan fingerprint density at radius 3 is 2.35 bits per heavy atom. The van der Waals surface area contributed by atoms with Gasteiger partial charge >= 0.3 is 0 Å². The fraction of sp³-hybridized carbons (Fsp3) is 0.444. The van der Waals surface area contributed by atoms with E-state index in [-0.39, 0.29) is 16.6 Å². The van der Waals surface area contributed by atoms with Crippen LogP contribution in [0, 0.1) is 11.2 Å². The Morgan fingerprint density at radius 2 is 1.65 bits per heavy atom. The van der Waals surface area contributed by atoms with E-state index in [9.17, 15) is 4.39 Å². The van der Waals surface area contributed by atoms with Gasteiger partial charge in [0.2, 0.25) is 0 Å². The third kappa shape index (κ3) is 2.33. The zero-order valence-corrected chi connectivity index (χ0v) is 12.6. The molecule has 106 valence electrons. The van der Waals surface area contributed by atoms with Crippen molar-refractivity contribution in [1.29, 1.82) is 0 Å². The number of halogens is 2. The SMILES string of the molecule is CC1(C(Cl)c2ccc(F)c3ccccc23)CCCCC1. The molecule has 1 aliphatic rings. The van der Waals surface area contributed by atoms with E-state index in [0.717, 1.165) is 23.8 Å². The Kier molecular flexibility index (Phi) is 3.72. The summed E-state index contributed by atoms with van der Waals surface area (Å²) in [6, 6.07) is 11.1. The molecule has 0 radical (unpaired) electrons. The first-order chi connectivity index (χ1) is 9.62. The molecule has 2 heteroatoms. The van der Waals surface area contributed by atoms with Crippen molar-refractivity contribution in [3.63, 3.8) is 0 Å². The number of fused-ring (bicyclic) bond motifs is 1. The molecule has 2 aromatic carbocycles. The van der Waals surface area contributed by atoms with E-state index in [2.05, 4.69) is 6.92 Å². The summed E-state index contributed by atoms with van der Waals surface area (Å²) in [7, 11) is 0. The third-order valence-electron chi connectivity index (χ3n) is 4.79. The van der Waals surface area contributed by atoms with E-state index in [0.29, 0.717) is 5.39 Å². The third-order valence-corrected chi connectivity index (χ3v) is 5.55. The Labute approximate surface area is 124 Å². The van der Waals surface area contributed by atoms with Gasteiger partial charge in [0, 0.05) is 5.39 Å². The van der Waals surface area contributed by atoms with Crippen LogP contribution >= 0.6 is 11.6 Å². The van der Waals surface area contributed by atoms with E-state index in [1.807, 2.05) is 30.3 Å². The van der Waals surface area contributed by atoms with E-state index in [1.165, 1.54) is 19.3 Å². The highest BCUT2D eigenvalue weighted by Gasteiger charge is 2.36. The molecule has 1 unspecified atom stereocenters. The van der Waals surface area contributed by atoms with Gasteiger partial charge in [0.05, 0.1) is 5.38 Å². The molecular weight excluding hydrogens is 271 g/mol. The van der Waals surface area contributed by atoms with Crippen LogP contribution in [0.2, 0.25) is 0 Å². The molecule has 0 amide bonds. The van der Waals surface area contributed by atoms with Crippen LogP contribution in [0.3, 0.4) is 0 Å². The Morgan fingerprint density at radius 1 is 1.00 bits per heavy atom. The summed E-state index contributed by atoms with van der Waals surface area (Å²) in [6.45, 7) is 2.28. The molecule has 0 aliphatic heterocycles. The van der Waals surface area contributed by atoms with Crippen molar-refractivity contribution in [3.05, 3.63) is 47.8 Å². The van der Waals surface area contributed by atoms with Gasteiger partial charge in [0.1, 0.15) is 5.82 Å². The molecule has 20 heavy (non-hydrogen) atoms. The first-order valence-corrected chi connectivity index (χ1v) is 7.87. The molecule has 0 bridgehead atoms. The van der Waals surface area contributed by atoms with Gasteiger partial charge < -0.3 is 0 Å². The van der Waals surface area contributed by atoms with Crippen molar-refractivity contribution in [3.8, 4) is 0 Å². The molecule has 2 aromatic rings. The second-order valence-corrected chi connectivity index (χ2v) is 6.70. The van der Waals surface area contributed by atoms with E-state index in [4.69, 9.17) is 11.6 Å². The zero-order valence-electron chi connectivity index (χ0n) is 11.8. The van der Waals surface area contributed by atoms with Crippen LogP contribution in [0.4, 0.5) is 4.39 Å². The van der Waals surface area contributed by atoms with Crippen LogP contribution in [0.25, 0.3) is 10.8 Å². The molecule has 1 saturated carbocycles. The summed E-state index contributed by atoms with van der Waals surface area (Å²) < 4.78 is 13.9. The molecule has 3 rings (SSSR count). The van der Waals surface area contributed by atoms with Crippen LogP contribution in [0.15, 0.2) is 36.4 Å². The van der Waals surface area contributed by atoms with E-state index < -0.39 is 0 Å².